The average molecular weight is 178 g/mol. The molecule has 0 atom stereocenters. The first-order valence-corrected chi connectivity index (χ1v) is 4.80. The Labute approximate surface area is 80.7 Å². The Morgan fingerprint density at radius 1 is 1.15 bits per heavy atom. The Bertz CT molecular complexity index is 256. The number of rotatable bonds is 3. The fourth-order valence-corrected chi connectivity index (χ4v) is 1.28. The Balaban J connectivity index is 2.75. The molecule has 0 aliphatic carbocycles. The van der Waals surface area contributed by atoms with Gasteiger partial charge in [0.2, 0.25) is 0 Å². The molecule has 1 rings (SSSR count). The van der Waals surface area contributed by atoms with Crippen molar-refractivity contribution in [1.82, 2.24) is 0 Å². The van der Waals surface area contributed by atoms with Crippen LogP contribution in [0.2, 0.25) is 0 Å². The highest BCUT2D eigenvalue weighted by atomic mass is 16.5. The Morgan fingerprint density at radius 2 is 1.69 bits per heavy atom. The molecule has 1 heteroatoms. The van der Waals surface area contributed by atoms with Crippen LogP contribution in [-0.2, 0) is 0 Å². The predicted octanol–water partition coefficient (Wildman–Crippen LogP) is 3.34. The third-order valence-electron chi connectivity index (χ3n) is 1.97. The summed E-state index contributed by atoms with van der Waals surface area (Å²) in [6.45, 7) is 9.29. The third kappa shape index (κ3) is 2.76. The van der Waals surface area contributed by atoms with Crippen LogP contribution in [0.4, 0.5) is 0 Å². The molecular formula is C12H18O. The number of ether oxygens (including phenoxy) is 1. The lowest BCUT2D eigenvalue weighted by molar-refractivity contribution is 0.268. The molecule has 0 heterocycles. The molecule has 13 heavy (non-hydrogen) atoms. The van der Waals surface area contributed by atoms with E-state index >= 15 is 0 Å². The third-order valence-corrected chi connectivity index (χ3v) is 1.97. The topological polar surface area (TPSA) is 9.23 Å². The zero-order chi connectivity index (χ0) is 9.84. The van der Waals surface area contributed by atoms with Crippen LogP contribution in [0, 0.1) is 19.8 Å². The van der Waals surface area contributed by atoms with Crippen molar-refractivity contribution < 1.29 is 4.74 Å². The second-order valence-corrected chi connectivity index (χ2v) is 3.93. The van der Waals surface area contributed by atoms with Crippen LogP contribution in [0.1, 0.15) is 25.0 Å². The average Bonchev–Trinajstić information content (AvgIpc) is 2.03. The van der Waals surface area contributed by atoms with Crippen molar-refractivity contribution in [2.45, 2.75) is 27.7 Å². The van der Waals surface area contributed by atoms with Gasteiger partial charge in [-0.1, -0.05) is 32.0 Å². The van der Waals surface area contributed by atoms with Gasteiger partial charge in [-0.3, -0.25) is 0 Å². The summed E-state index contributed by atoms with van der Waals surface area (Å²) >= 11 is 0. The highest BCUT2D eigenvalue weighted by Crippen LogP contribution is 2.22. The summed E-state index contributed by atoms with van der Waals surface area (Å²) in [5, 5.41) is 0. The van der Waals surface area contributed by atoms with Gasteiger partial charge in [0, 0.05) is 0 Å². The van der Waals surface area contributed by atoms with Crippen LogP contribution < -0.4 is 4.74 Å². The number of para-hydroxylation sites is 1. The highest BCUT2D eigenvalue weighted by molar-refractivity contribution is 5.39. The monoisotopic (exact) mass is 178 g/mol. The molecule has 0 N–H and O–H groups in total. The summed E-state index contributed by atoms with van der Waals surface area (Å²) < 4.78 is 5.73. The molecular weight excluding hydrogens is 160 g/mol. The fraction of sp³-hybridized carbons (Fsp3) is 0.500. The number of hydrogen-bond acceptors (Lipinski definition) is 1. The van der Waals surface area contributed by atoms with E-state index in [0.717, 1.165) is 12.4 Å². The normalized spacial score (nSPS) is 10.5. The number of aryl methyl sites for hydroxylation is 2. The minimum Gasteiger partial charge on any atom is -0.493 e. The van der Waals surface area contributed by atoms with E-state index in [0.29, 0.717) is 5.92 Å². The van der Waals surface area contributed by atoms with Gasteiger partial charge in [-0.15, -0.1) is 0 Å². The Morgan fingerprint density at radius 3 is 2.15 bits per heavy atom. The zero-order valence-corrected chi connectivity index (χ0v) is 8.92. The highest BCUT2D eigenvalue weighted by Gasteiger charge is 2.03. The lowest BCUT2D eigenvalue weighted by Gasteiger charge is -2.13. The Kier molecular flexibility index (Phi) is 3.35. The first-order valence-electron chi connectivity index (χ1n) is 4.80. The molecule has 72 valence electrons. The van der Waals surface area contributed by atoms with Gasteiger partial charge < -0.3 is 4.74 Å². The van der Waals surface area contributed by atoms with Crippen molar-refractivity contribution in [3.05, 3.63) is 29.3 Å². The van der Waals surface area contributed by atoms with Gasteiger partial charge in [0.1, 0.15) is 5.75 Å². The molecule has 0 bridgehead atoms. The summed E-state index contributed by atoms with van der Waals surface area (Å²) in [6.07, 6.45) is 0. The van der Waals surface area contributed by atoms with E-state index in [9.17, 15) is 0 Å². The molecule has 0 fully saturated rings. The van der Waals surface area contributed by atoms with Crippen molar-refractivity contribution in [3.8, 4) is 5.75 Å². The first kappa shape index (κ1) is 10.1. The molecule has 0 saturated carbocycles. The summed E-state index contributed by atoms with van der Waals surface area (Å²) in [5.41, 5.74) is 2.45. The molecule has 0 aliphatic heterocycles. The van der Waals surface area contributed by atoms with Gasteiger partial charge in [0.25, 0.3) is 0 Å². The van der Waals surface area contributed by atoms with Crippen molar-refractivity contribution in [1.29, 1.82) is 0 Å². The van der Waals surface area contributed by atoms with E-state index in [-0.39, 0.29) is 0 Å². The van der Waals surface area contributed by atoms with Gasteiger partial charge >= 0.3 is 0 Å². The maximum absolute atomic E-state index is 5.73. The van der Waals surface area contributed by atoms with Crippen LogP contribution in [0.15, 0.2) is 18.2 Å². The fourth-order valence-electron chi connectivity index (χ4n) is 1.28. The van der Waals surface area contributed by atoms with Gasteiger partial charge in [-0.2, -0.15) is 0 Å². The second kappa shape index (κ2) is 4.31. The smallest absolute Gasteiger partial charge is 0.125 e. The van der Waals surface area contributed by atoms with Crippen LogP contribution in [0.25, 0.3) is 0 Å². The minimum absolute atomic E-state index is 0.582. The van der Waals surface area contributed by atoms with E-state index < -0.39 is 0 Å². The summed E-state index contributed by atoms with van der Waals surface area (Å²) in [7, 11) is 0. The van der Waals surface area contributed by atoms with Gasteiger partial charge in [0.15, 0.2) is 0 Å². The predicted molar refractivity (Wildman–Crippen MR) is 56.2 cm³/mol. The molecule has 0 aromatic heterocycles. The summed E-state index contributed by atoms with van der Waals surface area (Å²) in [5.74, 6) is 1.63. The van der Waals surface area contributed by atoms with Crippen LogP contribution in [0.3, 0.4) is 0 Å². The van der Waals surface area contributed by atoms with E-state index in [1.54, 1.807) is 0 Å². The Hall–Kier alpha value is -0.980. The van der Waals surface area contributed by atoms with Crippen LogP contribution >= 0.6 is 0 Å². The van der Waals surface area contributed by atoms with E-state index in [2.05, 4.69) is 45.9 Å². The minimum atomic E-state index is 0.582. The lowest BCUT2D eigenvalue weighted by Crippen LogP contribution is -2.06. The standard InChI is InChI=1S/C12H18O/c1-9(2)8-13-12-10(3)6-5-7-11(12)4/h5-7,9H,8H2,1-4H3. The van der Waals surface area contributed by atoms with Crippen LogP contribution in [0.5, 0.6) is 5.75 Å². The summed E-state index contributed by atoms with van der Waals surface area (Å²) in [4.78, 5) is 0. The molecule has 1 aromatic carbocycles. The van der Waals surface area contributed by atoms with Gasteiger partial charge in [-0.25, -0.2) is 0 Å². The quantitative estimate of drug-likeness (QED) is 0.689. The molecule has 0 saturated heterocycles. The maximum Gasteiger partial charge on any atom is 0.125 e. The van der Waals surface area contributed by atoms with Crippen molar-refractivity contribution >= 4 is 0 Å². The summed E-state index contributed by atoms with van der Waals surface area (Å²) in [6, 6.07) is 6.23. The van der Waals surface area contributed by atoms with Gasteiger partial charge in [-0.05, 0) is 30.9 Å². The number of hydrogen-bond donors (Lipinski definition) is 0. The van der Waals surface area contributed by atoms with E-state index in [1.807, 2.05) is 0 Å². The van der Waals surface area contributed by atoms with Crippen LogP contribution in [-0.4, -0.2) is 6.61 Å². The zero-order valence-electron chi connectivity index (χ0n) is 8.92. The van der Waals surface area contributed by atoms with E-state index in [4.69, 9.17) is 4.74 Å². The van der Waals surface area contributed by atoms with E-state index in [1.165, 1.54) is 11.1 Å². The molecule has 0 amide bonds. The second-order valence-electron chi connectivity index (χ2n) is 3.93. The molecule has 0 aliphatic rings. The molecule has 0 radical (unpaired) electrons. The van der Waals surface area contributed by atoms with Gasteiger partial charge in [0.05, 0.1) is 6.61 Å². The number of benzene rings is 1. The molecule has 0 spiro atoms. The lowest BCUT2D eigenvalue weighted by atomic mass is 10.1. The largest absolute Gasteiger partial charge is 0.493 e. The maximum atomic E-state index is 5.73. The van der Waals surface area contributed by atoms with Crippen molar-refractivity contribution in [3.63, 3.8) is 0 Å². The molecule has 1 nitrogen and oxygen atoms in total. The van der Waals surface area contributed by atoms with Crippen molar-refractivity contribution in [2.24, 2.45) is 5.92 Å². The molecule has 0 unspecified atom stereocenters. The first-order chi connectivity index (χ1) is 6.11. The SMILES string of the molecule is Cc1cccc(C)c1OCC(C)C. The van der Waals surface area contributed by atoms with Crippen molar-refractivity contribution in [2.75, 3.05) is 6.61 Å². The molecule has 1 aromatic rings.